The van der Waals surface area contributed by atoms with Crippen molar-refractivity contribution in [3.05, 3.63) is 48.2 Å². The lowest BCUT2D eigenvalue weighted by molar-refractivity contribution is 0.397. The van der Waals surface area contributed by atoms with Crippen LogP contribution < -0.4 is 20.7 Å². The number of pyridine rings is 1. The predicted octanol–water partition coefficient (Wildman–Crippen LogP) is 0.854. The molecule has 0 amide bonds. The summed E-state index contributed by atoms with van der Waals surface area (Å²) in [4.78, 5) is 4.18. The molecular weight excluding hydrogens is 292 g/mol. The normalized spacial score (nSPS) is 11.1. The molecule has 1 heterocycles. The van der Waals surface area contributed by atoms with Gasteiger partial charge in [-0.05, 0) is 29.8 Å². The van der Waals surface area contributed by atoms with Gasteiger partial charge in [0.25, 0.3) is 0 Å². The van der Waals surface area contributed by atoms with E-state index in [9.17, 15) is 8.42 Å². The Kier molecular flexibility index (Phi) is 4.73. The Balaban J connectivity index is 2.05. The molecule has 0 bridgehead atoms. The van der Waals surface area contributed by atoms with Crippen LogP contribution in [-0.4, -0.2) is 20.5 Å². The van der Waals surface area contributed by atoms with Crippen LogP contribution in [0.3, 0.4) is 0 Å². The maximum Gasteiger partial charge on any atom is 0.240 e. The second-order valence-electron chi connectivity index (χ2n) is 4.20. The number of nitrogens with zero attached hydrogens (tertiary/aromatic N) is 1. The minimum Gasteiger partial charge on any atom is -0.481 e. The molecule has 0 aliphatic heterocycles. The lowest BCUT2D eigenvalue weighted by Crippen LogP contribution is -2.23. The summed E-state index contributed by atoms with van der Waals surface area (Å²) < 4.78 is 31.7. The van der Waals surface area contributed by atoms with Crippen LogP contribution >= 0.6 is 0 Å². The number of anilines is 1. The Morgan fingerprint density at radius 2 is 1.90 bits per heavy atom. The number of sulfonamides is 1. The van der Waals surface area contributed by atoms with Crippen molar-refractivity contribution in [3.8, 4) is 5.88 Å². The van der Waals surface area contributed by atoms with Crippen LogP contribution in [0.4, 0.5) is 5.69 Å². The second-order valence-corrected chi connectivity index (χ2v) is 5.97. The lowest BCUT2D eigenvalue weighted by atomic mass is 10.3. The molecule has 2 aromatic rings. The Labute approximate surface area is 123 Å². The number of hydrogen-bond acceptors (Lipinski definition) is 6. The third kappa shape index (κ3) is 3.91. The highest BCUT2D eigenvalue weighted by Crippen LogP contribution is 2.14. The summed E-state index contributed by atoms with van der Waals surface area (Å²) in [6.45, 7) is 0.149. The van der Waals surface area contributed by atoms with E-state index in [1.807, 2.05) is 0 Å². The van der Waals surface area contributed by atoms with Crippen molar-refractivity contribution in [1.29, 1.82) is 0 Å². The van der Waals surface area contributed by atoms with Gasteiger partial charge in [-0.2, -0.15) is 0 Å². The SMILES string of the molecule is COc1ccc(CNS(=O)(=O)c2ccc(NN)cc2)cn1. The van der Waals surface area contributed by atoms with Gasteiger partial charge in [0.15, 0.2) is 0 Å². The molecule has 1 aromatic heterocycles. The van der Waals surface area contributed by atoms with Gasteiger partial charge in [0.2, 0.25) is 15.9 Å². The zero-order valence-electron chi connectivity index (χ0n) is 11.4. The van der Waals surface area contributed by atoms with E-state index in [1.54, 1.807) is 30.5 Å². The van der Waals surface area contributed by atoms with Crippen molar-refractivity contribution in [2.45, 2.75) is 11.4 Å². The summed E-state index contributed by atoms with van der Waals surface area (Å²) >= 11 is 0. The number of benzene rings is 1. The van der Waals surface area contributed by atoms with Crippen LogP contribution in [0.15, 0.2) is 47.5 Å². The van der Waals surface area contributed by atoms with Gasteiger partial charge in [-0.15, -0.1) is 0 Å². The Bertz CT molecular complexity index is 684. The summed E-state index contributed by atoms with van der Waals surface area (Å²) in [6.07, 6.45) is 1.56. The maximum absolute atomic E-state index is 12.1. The number of ether oxygens (including phenoxy) is 1. The summed E-state index contributed by atoms with van der Waals surface area (Å²) in [5.41, 5.74) is 3.81. The van der Waals surface area contributed by atoms with Crippen molar-refractivity contribution >= 4 is 15.7 Å². The first-order valence-electron chi connectivity index (χ1n) is 6.10. The second kappa shape index (κ2) is 6.53. The van der Waals surface area contributed by atoms with Crippen LogP contribution in [0.25, 0.3) is 0 Å². The van der Waals surface area contributed by atoms with E-state index in [2.05, 4.69) is 15.1 Å². The molecule has 0 fully saturated rings. The molecule has 0 radical (unpaired) electrons. The van der Waals surface area contributed by atoms with Crippen LogP contribution in [0.5, 0.6) is 5.88 Å². The first kappa shape index (κ1) is 15.2. The molecule has 0 saturated heterocycles. The fourth-order valence-corrected chi connectivity index (χ4v) is 2.65. The van der Waals surface area contributed by atoms with E-state index < -0.39 is 10.0 Å². The van der Waals surface area contributed by atoms with Gasteiger partial charge in [0.05, 0.1) is 12.0 Å². The zero-order valence-corrected chi connectivity index (χ0v) is 12.2. The molecule has 0 spiro atoms. The number of nitrogens with one attached hydrogen (secondary N) is 2. The number of hydrogen-bond donors (Lipinski definition) is 3. The molecule has 0 atom stereocenters. The van der Waals surface area contributed by atoms with Crippen LogP contribution in [0.2, 0.25) is 0 Å². The Morgan fingerprint density at radius 1 is 1.19 bits per heavy atom. The molecule has 0 aliphatic rings. The van der Waals surface area contributed by atoms with Gasteiger partial charge in [0, 0.05) is 24.5 Å². The zero-order chi connectivity index (χ0) is 15.3. The van der Waals surface area contributed by atoms with E-state index >= 15 is 0 Å². The number of nitrogens with two attached hydrogens (primary N) is 1. The molecule has 21 heavy (non-hydrogen) atoms. The van der Waals surface area contributed by atoms with E-state index in [4.69, 9.17) is 10.6 Å². The minimum absolute atomic E-state index is 0.149. The third-order valence-electron chi connectivity index (χ3n) is 2.80. The molecule has 0 saturated carbocycles. The summed E-state index contributed by atoms with van der Waals surface area (Å²) in [5, 5.41) is 0. The largest absolute Gasteiger partial charge is 0.481 e. The highest BCUT2D eigenvalue weighted by Gasteiger charge is 2.13. The monoisotopic (exact) mass is 308 g/mol. The quantitative estimate of drug-likeness (QED) is 0.539. The number of methoxy groups -OCH3 is 1. The fourth-order valence-electron chi connectivity index (χ4n) is 1.63. The molecule has 8 heteroatoms. The molecule has 7 nitrogen and oxygen atoms in total. The molecule has 1 aromatic carbocycles. The molecule has 2 rings (SSSR count). The number of aromatic nitrogens is 1. The van der Waals surface area contributed by atoms with Crippen molar-refractivity contribution in [2.75, 3.05) is 12.5 Å². The van der Waals surface area contributed by atoms with Crippen LogP contribution in [-0.2, 0) is 16.6 Å². The van der Waals surface area contributed by atoms with Crippen molar-refractivity contribution in [1.82, 2.24) is 9.71 Å². The number of nitrogen functional groups attached to an aromatic ring is 1. The van der Waals surface area contributed by atoms with Crippen molar-refractivity contribution < 1.29 is 13.2 Å². The summed E-state index contributed by atoms with van der Waals surface area (Å²) in [6, 6.07) is 9.54. The number of hydrazine groups is 1. The highest BCUT2D eigenvalue weighted by molar-refractivity contribution is 7.89. The van der Waals surface area contributed by atoms with Gasteiger partial charge in [-0.3, -0.25) is 5.84 Å². The average Bonchev–Trinajstić information content (AvgIpc) is 2.53. The maximum atomic E-state index is 12.1. The van der Waals surface area contributed by atoms with Gasteiger partial charge >= 0.3 is 0 Å². The van der Waals surface area contributed by atoms with Crippen LogP contribution in [0.1, 0.15) is 5.56 Å². The molecule has 4 N–H and O–H groups in total. The van der Waals surface area contributed by atoms with E-state index in [0.29, 0.717) is 11.6 Å². The topological polar surface area (TPSA) is 106 Å². The molecule has 112 valence electrons. The van der Waals surface area contributed by atoms with Gasteiger partial charge in [-0.1, -0.05) is 6.07 Å². The van der Waals surface area contributed by atoms with E-state index in [0.717, 1.165) is 5.56 Å². The summed E-state index contributed by atoms with van der Waals surface area (Å²) in [7, 11) is -2.06. The Hall–Kier alpha value is -2.16. The first-order chi connectivity index (χ1) is 10.0. The standard InChI is InChI=1S/C13H16N4O3S/c1-20-13-7-2-10(8-15-13)9-16-21(18,19)12-5-3-11(17-14)4-6-12/h2-8,16-17H,9,14H2,1H3. The van der Waals surface area contributed by atoms with Gasteiger partial charge in [-0.25, -0.2) is 18.1 Å². The van der Waals surface area contributed by atoms with Gasteiger partial charge < -0.3 is 10.2 Å². The number of rotatable bonds is 6. The van der Waals surface area contributed by atoms with Crippen LogP contribution in [0, 0.1) is 0 Å². The van der Waals surface area contributed by atoms with Gasteiger partial charge in [0.1, 0.15) is 0 Å². The van der Waals surface area contributed by atoms with Crippen molar-refractivity contribution in [2.24, 2.45) is 5.84 Å². The fraction of sp³-hybridized carbons (Fsp3) is 0.154. The summed E-state index contributed by atoms with van der Waals surface area (Å²) in [5.74, 6) is 5.71. The lowest BCUT2D eigenvalue weighted by Gasteiger charge is -2.08. The smallest absolute Gasteiger partial charge is 0.240 e. The average molecular weight is 308 g/mol. The molecular formula is C13H16N4O3S. The Morgan fingerprint density at radius 3 is 2.43 bits per heavy atom. The molecule has 0 aliphatic carbocycles. The van der Waals surface area contributed by atoms with E-state index in [1.165, 1.54) is 19.2 Å². The van der Waals surface area contributed by atoms with Crippen molar-refractivity contribution in [3.63, 3.8) is 0 Å². The minimum atomic E-state index is -3.58. The van der Waals surface area contributed by atoms with E-state index in [-0.39, 0.29) is 11.4 Å². The first-order valence-corrected chi connectivity index (χ1v) is 7.59. The molecule has 0 unspecified atom stereocenters. The highest BCUT2D eigenvalue weighted by atomic mass is 32.2. The third-order valence-corrected chi connectivity index (χ3v) is 4.22. The predicted molar refractivity (Wildman–Crippen MR) is 79.1 cm³/mol.